The van der Waals surface area contributed by atoms with Crippen molar-refractivity contribution >= 4 is 11.6 Å². The lowest BCUT2D eigenvalue weighted by Crippen LogP contribution is -2.29. The zero-order chi connectivity index (χ0) is 7.68. The molecule has 0 bridgehead atoms. The molecule has 0 saturated carbocycles. The molecule has 1 aliphatic rings. The number of hydrogen-bond acceptors (Lipinski definition) is 3. The first-order valence-electron chi connectivity index (χ1n) is 3.64. The Balaban J connectivity index is 1.86. The highest BCUT2D eigenvalue weighted by molar-refractivity contribution is 6.17. The topological polar surface area (TPSA) is 35.5 Å². The number of alkyl halides is 1. The molecule has 0 N–H and O–H groups in total. The van der Waals surface area contributed by atoms with Gasteiger partial charge >= 0.3 is 0 Å². The Morgan fingerprint density at radius 3 is 2.73 bits per heavy atom. The average Bonchev–Trinajstić information content (AvgIpc) is 2.61. The number of halogens is 1. The second kappa shape index (κ2) is 2.73. The molecule has 2 heterocycles. The predicted molar refractivity (Wildman–Crippen MR) is 39.2 cm³/mol. The van der Waals surface area contributed by atoms with Crippen LogP contribution in [0.4, 0.5) is 0 Å². The summed E-state index contributed by atoms with van der Waals surface area (Å²) < 4.78 is 4.93. The fourth-order valence-electron chi connectivity index (χ4n) is 1.19. The molecule has 1 fully saturated rings. The SMILES string of the molecule is ClCOn1on1N1CCCC1. The molecule has 5 nitrogen and oxygen atoms in total. The molecule has 6 heteroatoms. The van der Waals surface area contributed by atoms with E-state index in [-0.39, 0.29) is 6.07 Å². The quantitative estimate of drug-likeness (QED) is 0.624. The first kappa shape index (κ1) is 6.97. The molecular formula is C5H10ClN3O2. The van der Waals surface area contributed by atoms with Crippen LogP contribution in [0.2, 0.25) is 0 Å². The number of aromatic nitrogens is 2. The summed E-state index contributed by atoms with van der Waals surface area (Å²) >= 11 is 5.32. The minimum atomic E-state index is 0.115. The zero-order valence-corrected chi connectivity index (χ0v) is 6.83. The fourth-order valence-corrected chi connectivity index (χ4v) is 1.27. The Labute approximate surface area is 68.9 Å². The normalized spacial score (nSPS) is 18.1. The zero-order valence-electron chi connectivity index (χ0n) is 6.07. The largest absolute Gasteiger partial charge is 0.350 e. The first-order chi connectivity index (χ1) is 5.42. The van der Waals surface area contributed by atoms with E-state index in [1.165, 1.54) is 17.9 Å². The van der Waals surface area contributed by atoms with Crippen molar-refractivity contribution in [1.29, 1.82) is 0 Å². The van der Waals surface area contributed by atoms with Crippen LogP contribution in [-0.4, -0.2) is 29.1 Å². The van der Waals surface area contributed by atoms with Gasteiger partial charge in [0.2, 0.25) is 0 Å². The van der Waals surface area contributed by atoms with Gasteiger partial charge in [-0.3, -0.25) is 5.01 Å². The summed E-state index contributed by atoms with van der Waals surface area (Å²) in [6.07, 6.45) is 2.43. The Hall–Kier alpha value is -0.710. The molecule has 0 spiro atoms. The van der Waals surface area contributed by atoms with Crippen molar-refractivity contribution in [3.05, 3.63) is 0 Å². The molecule has 11 heavy (non-hydrogen) atoms. The lowest BCUT2D eigenvalue weighted by atomic mass is 10.4. The highest BCUT2D eigenvalue weighted by Gasteiger charge is 2.22. The summed E-state index contributed by atoms with van der Waals surface area (Å²) in [5.74, 6) is 0. The van der Waals surface area contributed by atoms with Crippen molar-refractivity contribution in [2.75, 3.05) is 24.2 Å². The third-order valence-corrected chi connectivity index (χ3v) is 1.84. The molecule has 1 aromatic heterocycles. The molecule has 0 aliphatic carbocycles. The van der Waals surface area contributed by atoms with E-state index in [0.29, 0.717) is 0 Å². The van der Waals surface area contributed by atoms with Gasteiger partial charge in [0.05, 0.1) is 0 Å². The van der Waals surface area contributed by atoms with Gasteiger partial charge in [-0.2, -0.15) is 4.63 Å². The van der Waals surface area contributed by atoms with Crippen molar-refractivity contribution < 1.29 is 9.47 Å². The fraction of sp³-hybridized carbons (Fsp3) is 1.00. The minimum absolute atomic E-state index is 0.115. The van der Waals surface area contributed by atoms with Crippen LogP contribution >= 0.6 is 11.6 Å². The maximum atomic E-state index is 5.32. The van der Waals surface area contributed by atoms with Gasteiger partial charge in [0.15, 0.2) is 6.07 Å². The summed E-state index contributed by atoms with van der Waals surface area (Å²) in [6, 6.07) is 0.115. The van der Waals surface area contributed by atoms with Crippen LogP contribution in [0, 0.1) is 0 Å². The van der Waals surface area contributed by atoms with Gasteiger partial charge in [-0.1, -0.05) is 11.6 Å². The molecule has 64 valence electrons. The van der Waals surface area contributed by atoms with E-state index in [0.717, 1.165) is 13.1 Å². The predicted octanol–water partition coefficient (Wildman–Crippen LogP) is 0.239. The number of nitrogens with zero attached hydrogens (tertiary/aromatic N) is 3. The molecule has 1 aromatic rings. The maximum Gasteiger partial charge on any atom is 0.193 e. The van der Waals surface area contributed by atoms with Crippen molar-refractivity contribution in [1.82, 2.24) is 9.98 Å². The first-order valence-corrected chi connectivity index (χ1v) is 4.17. The van der Waals surface area contributed by atoms with Crippen LogP contribution in [0.1, 0.15) is 12.8 Å². The third-order valence-electron chi connectivity index (χ3n) is 1.74. The molecular weight excluding hydrogens is 170 g/mol. The van der Waals surface area contributed by atoms with Crippen molar-refractivity contribution in [3.63, 3.8) is 0 Å². The van der Waals surface area contributed by atoms with E-state index in [1.807, 2.05) is 0 Å². The van der Waals surface area contributed by atoms with Crippen molar-refractivity contribution in [2.45, 2.75) is 12.8 Å². The Bertz CT molecular complexity index is 210. The Kier molecular flexibility index (Phi) is 1.73. The summed E-state index contributed by atoms with van der Waals surface area (Å²) in [6.45, 7) is 2.06. The molecule has 1 aliphatic heterocycles. The van der Waals surface area contributed by atoms with E-state index in [9.17, 15) is 0 Å². The van der Waals surface area contributed by atoms with E-state index < -0.39 is 0 Å². The maximum absolute atomic E-state index is 5.32. The third kappa shape index (κ3) is 1.33. The van der Waals surface area contributed by atoms with Gasteiger partial charge in [0.1, 0.15) is 5.02 Å². The second-order valence-electron chi connectivity index (χ2n) is 2.47. The van der Waals surface area contributed by atoms with Crippen LogP contribution in [-0.2, 0) is 0 Å². The molecule has 0 aromatic carbocycles. The number of hydrogen-bond donors (Lipinski definition) is 0. The molecule has 0 amide bonds. The highest BCUT2D eigenvalue weighted by atomic mass is 35.5. The van der Waals surface area contributed by atoms with Gasteiger partial charge in [-0.15, -0.1) is 0 Å². The van der Waals surface area contributed by atoms with Crippen LogP contribution in [0.25, 0.3) is 0 Å². The van der Waals surface area contributed by atoms with Crippen LogP contribution < -0.4 is 9.85 Å². The second-order valence-corrected chi connectivity index (χ2v) is 2.69. The summed E-state index contributed by atoms with van der Waals surface area (Å²) in [4.78, 5) is 6.42. The van der Waals surface area contributed by atoms with Gasteiger partial charge in [0, 0.05) is 18.1 Å². The highest BCUT2D eigenvalue weighted by Crippen LogP contribution is 2.08. The van der Waals surface area contributed by atoms with E-state index >= 15 is 0 Å². The monoisotopic (exact) mass is 179 g/mol. The van der Waals surface area contributed by atoms with Crippen LogP contribution in [0.15, 0.2) is 4.63 Å². The minimum Gasteiger partial charge on any atom is -0.350 e. The van der Waals surface area contributed by atoms with Gasteiger partial charge in [-0.05, 0) is 12.8 Å². The summed E-state index contributed by atoms with van der Waals surface area (Å²) in [5, 5.41) is 3.34. The molecule has 2 rings (SSSR count). The smallest absolute Gasteiger partial charge is 0.193 e. The molecule has 0 radical (unpaired) electrons. The molecule has 1 saturated heterocycles. The van der Waals surface area contributed by atoms with Crippen LogP contribution in [0.5, 0.6) is 0 Å². The summed E-state index contributed by atoms with van der Waals surface area (Å²) in [7, 11) is 0. The standard InChI is InChI=1S/C5H10ClN3O2/c6-5-10-9-8(11-9)7-3-1-2-4-7/h1-5H2. The molecule has 0 unspecified atom stereocenters. The lowest BCUT2D eigenvalue weighted by molar-refractivity contribution is 0.0824. The Morgan fingerprint density at radius 1 is 1.36 bits per heavy atom. The Morgan fingerprint density at radius 2 is 2.09 bits per heavy atom. The van der Waals surface area contributed by atoms with Crippen molar-refractivity contribution in [3.8, 4) is 0 Å². The summed E-state index contributed by atoms with van der Waals surface area (Å²) in [5.41, 5.74) is 0. The van der Waals surface area contributed by atoms with Crippen LogP contribution in [0.3, 0.4) is 0 Å². The van der Waals surface area contributed by atoms with Gasteiger partial charge in [0.25, 0.3) is 0 Å². The van der Waals surface area contributed by atoms with Gasteiger partial charge in [-0.25, -0.2) is 0 Å². The van der Waals surface area contributed by atoms with E-state index in [2.05, 4.69) is 5.01 Å². The molecule has 0 atom stereocenters. The van der Waals surface area contributed by atoms with E-state index in [1.54, 1.807) is 4.96 Å². The van der Waals surface area contributed by atoms with Gasteiger partial charge < -0.3 is 4.84 Å². The average molecular weight is 180 g/mol. The number of rotatable bonds is 3. The van der Waals surface area contributed by atoms with Crippen molar-refractivity contribution in [2.24, 2.45) is 0 Å². The lowest BCUT2D eigenvalue weighted by Gasteiger charge is -2.05. The van der Waals surface area contributed by atoms with E-state index in [4.69, 9.17) is 21.1 Å².